The van der Waals surface area contributed by atoms with Gasteiger partial charge in [-0.15, -0.1) is 28.1 Å². The smallest absolute Gasteiger partial charge is 0.341 e. The van der Waals surface area contributed by atoms with E-state index in [0.29, 0.717) is 34.1 Å². The van der Waals surface area contributed by atoms with Crippen molar-refractivity contribution in [2.45, 2.75) is 68.5 Å². The molecule has 0 radical (unpaired) electrons. The standard InChI is InChI=1S/C28H32N4O3S2/c1-3-15-32-25(21-16-20(21)18-11-7-6-8-12-18)30-31-28(32)36-17-23(33)29-26-24(27(34)35-2)19-13-9-4-5-10-14-22(19)37-26/h3,6-8,11-12,20-21H,1,4-5,9-10,13-17H2,2H3,(H,29,33). The topological polar surface area (TPSA) is 86.1 Å². The lowest BCUT2D eigenvalue weighted by atomic mass is 9.96. The highest BCUT2D eigenvalue weighted by molar-refractivity contribution is 7.99. The van der Waals surface area contributed by atoms with E-state index in [9.17, 15) is 9.59 Å². The number of thiophene rings is 1. The van der Waals surface area contributed by atoms with Gasteiger partial charge in [-0.25, -0.2) is 4.79 Å². The molecule has 2 atom stereocenters. The Kier molecular flexibility index (Phi) is 8.10. The number of nitrogens with one attached hydrogen (secondary N) is 1. The van der Waals surface area contributed by atoms with E-state index in [4.69, 9.17) is 4.74 Å². The second kappa shape index (κ2) is 11.6. The van der Waals surface area contributed by atoms with E-state index in [1.165, 1.54) is 47.1 Å². The Balaban J connectivity index is 1.28. The molecule has 1 aromatic carbocycles. The summed E-state index contributed by atoms with van der Waals surface area (Å²) in [5, 5.41) is 13.2. The number of hydrogen-bond donors (Lipinski definition) is 1. The molecule has 7 nitrogen and oxygen atoms in total. The van der Waals surface area contributed by atoms with E-state index in [1.807, 2.05) is 12.1 Å². The highest BCUT2D eigenvalue weighted by atomic mass is 32.2. The Hall–Kier alpha value is -2.91. The SMILES string of the molecule is C=CCn1c(SCC(=O)Nc2sc3c(c2C(=O)OC)CCCCCC3)nnc1C1CC1c1ccccc1. The van der Waals surface area contributed by atoms with E-state index < -0.39 is 0 Å². The average Bonchev–Trinajstić information content (AvgIpc) is 3.49. The zero-order chi connectivity index (χ0) is 25.8. The lowest BCUT2D eigenvalue weighted by Gasteiger charge is -2.11. The molecule has 0 bridgehead atoms. The first-order valence-electron chi connectivity index (χ1n) is 12.8. The van der Waals surface area contributed by atoms with Gasteiger partial charge in [0.2, 0.25) is 5.91 Å². The molecule has 3 aromatic rings. The molecule has 37 heavy (non-hydrogen) atoms. The summed E-state index contributed by atoms with van der Waals surface area (Å²) in [4.78, 5) is 26.8. The van der Waals surface area contributed by atoms with Gasteiger partial charge in [0, 0.05) is 17.3 Å². The van der Waals surface area contributed by atoms with Crippen LogP contribution in [0, 0.1) is 0 Å². The van der Waals surface area contributed by atoms with Gasteiger partial charge in [0.05, 0.1) is 18.4 Å². The van der Waals surface area contributed by atoms with Crippen LogP contribution in [0.1, 0.15) is 76.1 Å². The van der Waals surface area contributed by atoms with Gasteiger partial charge < -0.3 is 14.6 Å². The number of thioether (sulfide) groups is 1. The zero-order valence-electron chi connectivity index (χ0n) is 21.1. The number of aromatic nitrogens is 3. The largest absolute Gasteiger partial charge is 0.465 e. The monoisotopic (exact) mass is 536 g/mol. The Labute approximate surface area is 225 Å². The van der Waals surface area contributed by atoms with Crippen molar-refractivity contribution < 1.29 is 14.3 Å². The number of carbonyl (C=O) groups excluding carboxylic acids is 2. The van der Waals surface area contributed by atoms with Crippen molar-refractivity contribution in [3.05, 3.63) is 70.4 Å². The van der Waals surface area contributed by atoms with Gasteiger partial charge in [0.25, 0.3) is 0 Å². The molecule has 9 heteroatoms. The summed E-state index contributed by atoms with van der Waals surface area (Å²) in [6, 6.07) is 10.5. The van der Waals surface area contributed by atoms with Gasteiger partial charge in [-0.1, -0.05) is 61.0 Å². The molecule has 1 saturated carbocycles. The lowest BCUT2D eigenvalue weighted by Crippen LogP contribution is -2.17. The molecule has 0 aliphatic heterocycles. The van der Waals surface area contributed by atoms with Crippen LogP contribution in [0.3, 0.4) is 0 Å². The maximum Gasteiger partial charge on any atom is 0.341 e. The van der Waals surface area contributed by atoms with Crippen molar-refractivity contribution in [1.82, 2.24) is 14.8 Å². The summed E-state index contributed by atoms with van der Waals surface area (Å²) in [5.41, 5.74) is 2.90. The van der Waals surface area contributed by atoms with Crippen molar-refractivity contribution in [1.29, 1.82) is 0 Å². The number of nitrogens with zero attached hydrogens (tertiary/aromatic N) is 3. The molecular weight excluding hydrogens is 504 g/mol. The number of rotatable bonds is 9. The number of ether oxygens (including phenoxy) is 1. The quantitative estimate of drug-likeness (QED) is 0.206. The fourth-order valence-electron chi connectivity index (χ4n) is 5.15. The third-order valence-electron chi connectivity index (χ3n) is 7.05. The van der Waals surface area contributed by atoms with E-state index in [2.05, 4.69) is 50.9 Å². The summed E-state index contributed by atoms with van der Waals surface area (Å²) in [7, 11) is 1.39. The maximum atomic E-state index is 13.0. The van der Waals surface area contributed by atoms with Gasteiger partial charge in [-0.2, -0.15) is 0 Å². The molecule has 194 valence electrons. The van der Waals surface area contributed by atoms with Crippen LogP contribution in [0.5, 0.6) is 0 Å². The number of aryl methyl sites for hydroxylation is 1. The molecular formula is C28H32N4O3S2. The van der Waals surface area contributed by atoms with Crippen LogP contribution in [0.15, 0.2) is 48.1 Å². The number of carbonyl (C=O) groups is 2. The molecule has 5 rings (SSSR count). The normalized spacial score (nSPS) is 18.8. The summed E-state index contributed by atoms with van der Waals surface area (Å²) in [6.07, 6.45) is 9.17. The fraction of sp³-hybridized carbons (Fsp3) is 0.429. The van der Waals surface area contributed by atoms with Crippen LogP contribution >= 0.6 is 23.1 Å². The van der Waals surface area contributed by atoms with E-state index in [0.717, 1.165) is 49.9 Å². The summed E-state index contributed by atoms with van der Waals surface area (Å²) >= 11 is 2.87. The minimum absolute atomic E-state index is 0.172. The highest BCUT2D eigenvalue weighted by Crippen LogP contribution is 2.54. The Bertz CT molecular complexity index is 1280. The molecule has 2 heterocycles. The van der Waals surface area contributed by atoms with Crippen molar-refractivity contribution in [3.8, 4) is 0 Å². The molecule has 0 spiro atoms. The molecule has 2 aliphatic rings. The van der Waals surface area contributed by atoms with Crippen molar-refractivity contribution >= 4 is 40.0 Å². The number of benzene rings is 1. The van der Waals surface area contributed by atoms with E-state index >= 15 is 0 Å². The molecule has 1 fully saturated rings. The van der Waals surface area contributed by atoms with Crippen LogP contribution in [-0.4, -0.2) is 39.5 Å². The van der Waals surface area contributed by atoms with Crippen molar-refractivity contribution in [2.24, 2.45) is 0 Å². The second-order valence-electron chi connectivity index (χ2n) is 9.55. The lowest BCUT2D eigenvalue weighted by molar-refractivity contribution is -0.113. The number of fused-ring (bicyclic) bond motifs is 1. The number of methoxy groups -OCH3 is 1. The number of amides is 1. The van der Waals surface area contributed by atoms with Crippen molar-refractivity contribution in [3.63, 3.8) is 0 Å². The van der Waals surface area contributed by atoms with Gasteiger partial charge in [-0.3, -0.25) is 4.79 Å². The molecule has 1 amide bonds. The molecule has 2 aromatic heterocycles. The van der Waals surface area contributed by atoms with Gasteiger partial charge >= 0.3 is 5.97 Å². The highest BCUT2D eigenvalue weighted by Gasteiger charge is 2.43. The zero-order valence-corrected chi connectivity index (χ0v) is 22.7. The summed E-state index contributed by atoms with van der Waals surface area (Å²) < 4.78 is 7.14. The predicted molar refractivity (Wildman–Crippen MR) is 148 cm³/mol. The minimum Gasteiger partial charge on any atom is -0.465 e. The maximum absolute atomic E-state index is 13.0. The first kappa shape index (κ1) is 25.7. The molecule has 2 aliphatic carbocycles. The third kappa shape index (κ3) is 5.67. The first-order chi connectivity index (χ1) is 18.1. The number of allylic oxidation sites excluding steroid dienone is 1. The van der Waals surface area contributed by atoms with Gasteiger partial charge in [0.1, 0.15) is 10.8 Å². The predicted octanol–water partition coefficient (Wildman–Crippen LogP) is 5.97. The Morgan fingerprint density at radius 2 is 1.95 bits per heavy atom. The molecule has 1 N–H and O–H groups in total. The number of hydrogen-bond acceptors (Lipinski definition) is 7. The second-order valence-corrected chi connectivity index (χ2v) is 11.6. The van der Waals surface area contributed by atoms with Crippen LogP contribution in [0.4, 0.5) is 5.00 Å². The summed E-state index contributed by atoms with van der Waals surface area (Å²) in [5.74, 6) is 1.34. The van der Waals surface area contributed by atoms with Gasteiger partial charge in [0.15, 0.2) is 5.16 Å². The average molecular weight is 537 g/mol. The number of anilines is 1. The molecule has 2 unspecified atom stereocenters. The van der Waals surface area contributed by atoms with Crippen LogP contribution in [0.25, 0.3) is 0 Å². The van der Waals surface area contributed by atoms with Crippen LogP contribution < -0.4 is 5.32 Å². The van der Waals surface area contributed by atoms with E-state index in [-0.39, 0.29) is 17.6 Å². The van der Waals surface area contributed by atoms with Crippen molar-refractivity contribution in [2.75, 3.05) is 18.2 Å². The van der Waals surface area contributed by atoms with Gasteiger partial charge in [-0.05, 0) is 49.1 Å². The van der Waals surface area contributed by atoms with Crippen LogP contribution in [-0.2, 0) is 28.9 Å². The third-order valence-corrected chi connectivity index (χ3v) is 9.23. The minimum atomic E-state index is -0.381. The Morgan fingerprint density at radius 3 is 2.70 bits per heavy atom. The number of esters is 1. The summed E-state index contributed by atoms with van der Waals surface area (Å²) in [6.45, 7) is 4.49. The van der Waals surface area contributed by atoms with Crippen LogP contribution in [0.2, 0.25) is 0 Å². The molecule has 0 saturated heterocycles. The first-order valence-corrected chi connectivity index (χ1v) is 14.6. The Morgan fingerprint density at radius 1 is 1.16 bits per heavy atom. The van der Waals surface area contributed by atoms with E-state index in [1.54, 1.807) is 0 Å². The fourth-order valence-corrected chi connectivity index (χ4v) is 7.20.